The highest BCUT2D eigenvalue weighted by molar-refractivity contribution is 9.10. The summed E-state index contributed by atoms with van der Waals surface area (Å²) in [7, 11) is 1.60. The first kappa shape index (κ1) is 14.2. The average molecular weight is 345 g/mol. The van der Waals surface area contributed by atoms with Crippen molar-refractivity contribution in [2.24, 2.45) is 0 Å². The highest BCUT2D eigenvalue weighted by atomic mass is 79.9. The van der Waals surface area contributed by atoms with Gasteiger partial charge < -0.3 is 10.1 Å². The standard InChI is InChI=1S/C14H12BrClFNO/c1-19-13-6-5-10(15)7-12(13)18-8-9-3-2-4-11(17)14(9)16/h2-7,18H,8H2,1H3. The average Bonchev–Trinajstić information content (AvgIpc) is 2.40. The summed E-state index contributed by atoms with van der Waals surface area (Å²) in [6, 6.07) is 10.4. The van der Waals surface area contributed by atoms with Crippen molar-refractivity contribution in [3.05, 3.63) is 57.3 Å². The third-order valence-corrected chi connectivity index (χ3v) is 3.58. The largest absolute Gasteiger partial charge is 0.495 e. The fraction of sp³-hybridized carbons (Fsp3) is 0.143. The molecule has 0 aliphatic heterocycles. The van der Waals surface area contributed by atoms with E-state index in [0.717, 1.165) is 15.9 Å². The molecule has 0 radical (unpaired) electrons. The predicted octanol–water partition coefficient (Wildman–Crippen LogP) is 4.86. The fourth-order valence-corrected chi connectivity index (χ4v) is 2.25. The minimum Gasteiger partial charge on any atom is -0.495 e. The summed E-state index contributed by atoms with van der Waals surface area (Å²) >= 11 is 9.31. The van der Waals surface area contributed by atoms with E-state index in [-0.39, 0.29) is 5.02 Å². The van der Waals surface area contributed by atoms with Crippen molar-refractivity contribution in [3.8, 4) is 5.75 Å². The quantitative estimate of drug-likeness (QED) is 0.855. The van der Waals surface area contributed by atoms with Gasteiger partial charge in [-0.25, -0.2) is 4.39 Å². The van der Waals surface area contributed by atoms with Gasteiger partial charge in [-0.2, -0.15) is 0 Å². The maximum atomic E-state index is 13.3. The Hall–Kier alpha value is -1.26. The monoisotopic (exact) mass is 343 g/mol. The minimum atomic E-state index is -0.415. The highest BCUT2D eigenvalue weighted by Crippen LogP contribution is 2.29. The summed E-state index contributed by atoms with van der Waals surface area (Å²) in [4.78, 5) is 0. The van der Waals surface area contributed by atoms with E-state index in [2.05, 4.69) is 21.2 Å². The summed E-state index contributed by atoms with van der Waals surface area (Å²) in [5.74, 6) is 0.304. The van der Waals surface area contributed by atoms with Crippen LogP contribution in [0.1, 0.15) is 5.56 Å². The number of rotatable bonds is 4. The molecule has 0 heterocycles. The number of halogens is 3. The number of hydrogen-bond acceptors (Lipinski definition) is 2. The van der Waals surface area contributed by atoms with Gasteiger partial charge in [0, 0.05) is 11.0 Å². The summed E-state index contributed by atoms with van der Waals surface area (Å²) in [5.41, 5.74) is 1.51. The smallest absolute Gasteiger partial charge is 0.142 e. The Morgan fingerprint density at radius 1 is 1.32 bits per heavy atom. The molecule has 0 atom stereocenters. The summed E-state index contributed by atoms with van der Waals surface area (Å²) in [5, 5.41) is 3.33. The molecule has 0 aliphatic carbocycles. The van der Waals surface area contributed by atoms with Crippen LogP contribution in [0.2, 0.25) is 5.02 Å². The van der Waals surface area contributed by atoms with E-state index in [9.17, 15) is 4.39 Å². The lowest BCUT2D eigenvalue weighted by molar-refractivity contribution is 0.416. The van der Waals surface area contributed by atoms with Crippen molar-refractivity contribution in [1.29, 1.82) is 0 Å². The topological polar surface area (TPSA) is 21.3 Å². The van der Waals surface area contributed by atoms with Gasteiger partial charge in [0.1, 0.15) is 11.6 Å². The molecule has 0 saturated heterocycles. The van der Waals surface area contributed by atoms with E-state index in [0.29, 0.717) is 12.1 Å². The zero-order chi connectivity index (χ0) is 13.8. The molecular formula is C14H12BrClFNO. The van der Waals surface area contributed by atoms with E-state index in [1.54, 1.807) is 19.2 Å². The Labute approximate surface area is 124 Å². The molecule has 0 aliphatic rings. The number of methoxy groups -OCH3 is 1. The molecule has 100 valence electrons. The third kappa shape index (κ3) is 3.39. The van der Waals surface area contributed by atoms with E-state index < -0.39 is 5.82 Å². The Balaban J connectivity index is 2.18. The molecule has 0 aromatic heterocycles. The summed E-state index contributed by atoms with van der Waals surface area (Å²) in [6.45, 7) is 0.420. The van der Waals surface area contributed by atoms with Gasteiger partial charge in [0.15, 0.2) is 0 Å². The second kappa shape index (κ2) is 6.26. The third-order valence-electron chi connectivity index (χ3n) is 2.66. The highest BCUT2D eigenvalue weighted by Gasteiger charge is 2.07. The van der Waals surface area contributed by atoms with Gasteiger partial charge in [0.2, 0.25) is 0 Å². The molecule has 2 rings (SSSR count). The first-order chi connectivity index (χ1) is 9.11. The second-order valence-electron chi connectivity index (χ2n) is 3.91. The Bertz CT molecular complexity index is 592. The summed E-state index contributed by atoms with van der Waals surface area (Å²) in [6.07, 6.45) is 0. The van der Waals surface area contributed by atoms with Crippen LogP contribution in [-0.2, 0) is 6.54 Å². The van der Waals surface area contributed by atoms with Gasteiger partial charge in [-0.05, 0) is 29.8 Å². The number of anilines is 1. The van der Waals surface area contributed by atoms with Crippen LogP contribution in [-0.4, -0.2) is 7.11 Å². The minimum absolute atomic E-state index is 0.143. The molecule has 2 nitrogen and oxygen atoms in total. The van der Waals surface area contributed by atoms with Crippen LogP contribution in [0.15, 0.2) is 40.9 Å². The number of hydrogen-bond donors (Lipinski definition) is 1. The van der Waals surface area contributed by atoms with Crippen molar-refractivity contribution in [2.45, 2.75) is 6.54 Å². The lowest BCUT2D eigenvalue weighted by atomic mass is 10.2. The fourth-order valence-electron chi connectivity index (χ4n) is 1.69. The van der Waals surface area contributed by atoms with Crippen LogP contribution in [0.5, 0.6) is 5.75 Å². The van der Waals surface area contributed by atoms with Crippen molar-refractivity contribution in [2.75, 3.05) is 12.4 Å². The van der Waals surface area contributed by atoms with E-state index in [1.807, 2.05) is 18.2 Å². The lowest BCUT2D eigenvalue weighted by Crippen LogP contribution is -2.02. The summed E-state index contributed by atoms with van der Waals surface area (Å²) < 4.78 is 19.5. The predicted molar refractivity (Wildman–Crippen MR) is 79.4 cm³/mol. The van der Waals surface area contributed by atoms with Crippen LogP contribution in [0.25, 0.3) is 0 Å². The van der Waals surface area contributed by atoms with Gasteiger partial charge >= 0.3 is 0 Å². The Morgan fingerprint density at radius 2 is 2.11 bits per heavy atom. The molecule has 0 fully saturated rings. The molecule has 1 N–H and O–H groups in total. The second-order valence-corrected chi connectivity index (χ2v) is 5.20. The van der Waals surface area contributed by atoms with Crippen molar-refractivity contribution in [1.82, 2.24) is 0 Å². The Kier molecular flexibility index (Phi) is 4.66. The molecule has 0 unspecified atom stereocenters. The lowest BCUT2D eigenvalue weighted by Gasteiger charge is -2.12. The number of benzene rings is 2. The normalized spacial score (nSPS) is 10.3. The molecule has 0 bridgehead atoms. The zero-order valence-electron chi connectivity index (χ0n) is 10.2. The van der Waals surface area contributed by atoms with Gasteiger partial charge in [0.05, 0.1) is 17.8 Å². The van der Waals surface area contributed by atoms with E-state index in [4.69, 9.17) is 16.3 Å². The molecule has 5 heteroatoms. The zero-order valence-corrected chi connectivity index (χ0v) is 12.6. The van der Waals surface area contributed by atoms with Crippen LogP contribution >= 0.6 is 27.5 Å². The number of nitrogens with one attached hydrogen (secondary N) is 1. The molecule has 0 saturated carbocycles. The molecular weight excluding hydrogens is 333 g/mol. The van der Waals surface area contributed by atoms with Gasteiger partial charge in [0.25, 0.3) is 0 Å². The van der Waals surface area contributed by atoms with Crippen molar-refractivity contribution in [3.63, 3.8) is 0 Å². The maximum Gasteiger partial charge on any atom is 0.142 e. The molecule has 2 aromatic rings. The molecule has 19 heavy (non-hydrogen) atoms. The molecule has 0 amide bonds. The first-order valence-corrected chi connectivity index (χ1v) is 6.79. The van der Waals surface area contributed by atoms with Gasteiger partial charge in [-0.15, -0.1) is 0 Å². The SMILES string of the molecule is COc1ccc(Br)cc1NCc1cccc(F)c1Cl. The molecule has 0 spiro atoms. The maximum absolute atomic E-state index is 13.3. The van der Waals surface area contributed by atoms with Crippen molar-refractivity contribution < 1.29 is 9.13 Å². The van der Waals surface area contributed by atoms with Crippen molar-refractivity contribution >= 4 is 33.2 Å². The van der Waals surface area contributed by atoms with E-state index in [1.165, 1.54) is 6.07 Å². The first-order valence-electron chi connectivity index (χ1n) is 5.62. The van der Waals surface area contributed by atoms with Gasteiger partial charge in [-0.1, -0.05) is 39.7 Å². The van der Waals surface area contributed by atoms with Gasteiger partial charge in [-0.3, -0.25) is 0 Å². The van der Waals surface area contributed by atoms with Crippen LogP contribution in [0, 0.1) is 5.82 Å². The van der Waals surface area contributed by atoms with E-state index >= 15 is 0 Å². The van der Waals surface area contributed by atoms with Crippen LogP contribution in [0.3, 0.4) is 0 Å². The number of ether oxygens (including phenoxy) is 1. The van der Waals surface area contributed by atoms with Crippen LogP contribution in [0.4, 0.5) is 10.1 Å². The van der Waals surface area contributed by atoms with Crippen LogP contribution < -0.4 is 10.1 Å². The molecule has 2 aromatic carbocycles. The Morgan fingerprint density at radius 3 is 2.84 bits per heavy atom.